The highest BCUT2D eigenvalue weighted by molar-refractivity contribution is 7.09. The van der Waals surface area contributed by atoms with Crippen molar-refractivity contribution in [2.75, 3.05) is 26.2 Å². The second-order valence-corrected chi connectivity index (χ2v) is 5.40. The Labute approximate surface area is 101 Å². The number of hydrogen-bond acceptors (Lipinski definition) is 4. The van der Waals surface area contributed by atoms with Gasteiger partial charge in [-0.3, -0.25) is 0 Å². The molecule has 1 atom stereocenters. The van der Waals surface area contributed by atoms with Crippen LogP contribution in [0.2, 0.25) is 0 Å². The van der Waals surface area contributed by atoms with E-state index < -0.39 is 0 Å². The summed E-state index contributed by atoms with van der Waals surface area (Å²) in [6.45, 7) is 6.08. The fourth-order valence-corrected chi connectivity index (χ4v) is 3.23. The molecule has 0 radical (unpaired) electrons. The van der Waals surface area contributed by atoms with Crippen LogP contribution in [0.15, 0.2) is 5.38 Å². The van der Waals surface area contributed by atoms with Gasteiger partial charge in [0, 0.05) is 31.4 Å². The molecular formula is C12H20N2OS. The standard InChI is InChI=1S/C12H20N2OS/c1-2-14-5-3-10(8-14)7-12-13-11(4-6-15)9-16-12/h9-10,15H,2-8H2,1H3. The van der Waals surface area contributed by atoms with Crippen LogP contribution in [0.25, 0.3) is 0 Å². The molecule has 0 saturated carbocycles. The number of aliphatic hydroxyl groups excluding tert-OH is 1. The van der Waals surface area contributed by atoms with Gasteiger partial charge in [0.1, 0.15) is 0 Å². The zero-order chi connectivity index (χ0) is 11.4. The molecule has 0 spiro atoms. The molecule has 1 saturated heterocycles. The quantitative estimate of drug-likeness (QED) is 0.848. The third-order valence-electron chi connectivity index (χ3n) is 3.25. The van der Waals surface area contributed by atoms with E-state index in [0.717, 1.165) is 18.0 Å². The highest BCUT2D eigenvalue weighted by atomic mass is 32.1. The summed E-state index contributed by atoms with van der Waals surface area (Å²) in [4.78, 5) is 7.06. The second kappa shape index (κ2) is 5.75. The van der Waals surface area contributed by atoms with E-state index in [9.17, 15) is 0 Å². The lowest BCUT2D eigenvalue weighted by Crippen LogP contribution is -2.20. The fourth-order valence-electron chi connectivity index (χ4n) is 2.29. The van der Waals surface area contributed by atoms with Crippen LogP contribution in [0.4, 0.5) is 0 Å². The SMILES string of the molecule is CCN1CCC(Cc2nc(CCO)cs2)C1. The van der Waals surface area contributed by atoms with E-state index in [1.807, 2.05) is 0 Å². The molecule has 1 fully saturated rings. The average molecular weight is 240 g/mol. The first-order chi connectivity index (χ1) is 7.81. The molecule has 90 valence electrons. The van der Waals surface area contributed by atoms with Gasteiger partial charge in [-0.1, -0.05) is 6.92 Å². The molecule has 4 heteroatoms. The van der Waals surface area contributed by atoms with Crippen molar-refractivity contribution in [1.82, 2.24) is 9.88 Å². The van der Waals surface area contributed by atoms with Gasteiger partial charge in [-0.05, 0) is 25.4 Å². The monoisotopic (exact) mass is 240 g/mol. The summed E-state index contributed by atoms with van der Waals surface area (Å²) in [7, 11) is 0. The lowest BCUT2D eigenvalue weighted by molar-refractivity contribution is 0.298. The van der Waals surface area contributed by atoms with Crippen LogP contribution in [0, 0.1) is 5.92 Å². The lowest BCUT2D eigenvalue weighted by atomic mass is 10.1. The molecule has 1 aliphatic rings. The summed E-state index contributed by atoms with van der Waals surface area (Å²) in [5.74, 6) is 0.785. The molecule has 1 aliphatic heterocycles. The van der Waals surface area contributed by atoms with Crippen LogP contribution in [-0.4, -0.2) is 41.2 Å². The van der Waals surface area contributed by atoms with Gasteiger partial charge in [0.25, 0.3) is 0 Å². The molecule has 1 unspecified atom stereocenters. The number of hydrogen-bond donors (Lipinski definition) is 1. The van der Waals surface area contributed by atoms with Crippen LogP contribution in [0.1, 0.15) is 24.0 Å². The molecule has 0 aromatic carbocycles. The van der Waals surface area contributed by atoms with E-state index in [1.165, 1.54) is 31.1 Å². The van der Waals surface area contributed by atoms with Crippen molar-refractivity contribution < 1.29 is 5.11 Å². The Balaban J connectivity index is 1.84. The molecule has 1 aromatic heterocycles. The van der Waals surface area contributed by atoms with Crippen molar-refractivity contribution in [3.63, 3.8) is 0 Å². The zero-order valence-corrected chi connectivity index (χ0v) is 10.7. The Morgan fingerprint density at radius 3 is 3.19 bits per heavy atom. The molecule has 1 aromatic rings. The number of rotatable bonds is 5. The van der Waals surface area contributed by atoms with Crippen LogP contribution < -0.4 is 0 Å². The lowest BCUT2D eigenvalue weighted by Gasteiger charge is -2.11. The molecule has 2 rings (SSSR count). The molecule has 0 aliphatic carbocycles. The second-order valence-electron chi connectivity index (χ2n) is 4.46. The Morgan fingerprint density at radius 2 is 2.50 bits per heavy atom. The Morgan fingerprint density at radius 1 is 1.62 bits per heavy atom. The van der Waals surface area contributed by atoms with Gasteiger partial charge < -0.3 is 10.0 Å². The number of aromatic nitrogens is 1. The van der Waals surface area contributed by atoms with Crippen LogP contribution >= 0.6 is 11.3 Å². The first-order valence-electron chi connectivity index (χ1n) is 6.08. The summed E-state index contributed by atoms with van der Waals surface area (Å²) in [6, 6.07) is 0. The minimum Gasteiger partial charge on any atom is -0.396 e. The van der Waals surface area contributed by atoms with Gasteiger partial charge in [-0.15, -0.1) is 11.3 Å². The highest BCUT2D eigenvalue weighted by Gasteiger charge is 2.22. The van der Waals surface area contributed by atoms with Crippen molar-refractivity contribution >= 4 is 11.3 Å². The van der Waals surface area contributed by atoms with Crippen molar-refractivity contribution in [3.05, 3.63) is 16.1 Å². The van der Waals surface area contributed by atoms with E-state index in [1.54, 1.807) is 11.3 Å². The van der Waals surface area contributed by atoms with Crippen LogP contribution in [-0.2, 0) is 12.8 Å². The highest BCUT2D eigenvalue weighted by Crippen LogP contribution is 2.22. The minimum atomic E-state index is 0.205. The largest absolute Gasteiger partial charge is 0.396 e. The maximum Gasteiger partial charge on any atom is 0.0931 e. The van der Waals surface area contributed by atoms with E-state index in [2.05, 4.69) is 22.2 Å². The number of likely N-dealkylation sites (tertiary alicyclic amines) is 1. The number of aliphatic hydroxyl groups is 1. The predicted octanol–water partition coefficient (Wildman–Crippen LogP) is 1.56. The maximum atomic E-state index is 8.84. The number of thiazole rings is 1. The molecule has 1 N–H and O–H groups in total. The zero-order valence-electron chi connectivity index (χ0n) is 9.85. The van der Waals surface area contributed by atoms with Crippen LogP contribution in [0.5, 0.6) is 0 Å². The van der Waals surface area contributed by atoms with Crippen LogP contribution in [0.3, 0.4) is 0 Å². The minimum absolute atomic E-state index is 0.205. The van der Waals surface area contributed by atoms with Crippen molar-refractivity contribution in [1.29, 1.82) is 0 Å². The Kier molecular flexibility index (Phi) is 4.32. The average Bonchev–Trinajstić information content (AvgIpc) is 2.89. The van der Waals surface area contributed by atoms with Crippen molar-refractivity contribution in [2.24, 2.45) is 5.92 Å². The van der Waals surface area contributed by atoms with E-state index in [-0.39, 0.29) is 6.61 Å². The third kappa shape index (κ3) is 3.03. The molecular weight excluding hydrogens is 220 g/mol. The molecule has 0 bridgehead atoms. The number of nitrogens with zero attached hydrogens (tertiary/aromatic N) is 2. The normalized spacial score (nSPS) is 21.8. The summed E-state index contributed by atoms with van der Waals surface area (Å²) in [6.07, 6.45) is 3.12. The first-order valence-corrected chi connectivity index (χ1v) is 6.96. The summed E-state index contributed by atoms with van der Waals surface area (Å²) in [5, 5.41) is 12.2. The molecule has 16 heavy (non-hydrogen) atoms. The smallest absolute Gasteiger partial charge is 0.0931 e. The van der Waals surface area contributed by atoms with E-state index in [4.69, 9.17) is 5.11 Å². The third-order valence-corrected chi connectivity index (χ3v) is 4.17. The summed E-state index contributed by atoms with van der Waals surface area (Å²) >= 11 is 1.74. The summed E-state index contributed by atoms with van der Waals surface area (Å²) in [5.41, 5.74) is 1.05. The molecule has 3 nitrogen and oxygen atoms in total. The van der Waals surface area contributed by atoms with E-state index >= 15 is 0 Å². The first kappa shape index (κ1) is 12.0. The van der Waals surface area contributed by atoms with Gasteiger partial charge in [0.15, 0.2) is 0 Å². The topological polar surface area (TPSA) is 36.4 Å². The van der Waals surface area contributed by atoms with Gasteiger partial charge in [-0.2, -0.15) is 0 Å². The maximum absolute atomic E-state index is 8.84. The molecule has 0 amide bonds. The Hall–Kier alpha value is -0.450. The van der Waals surface area contributed by atoms with Gasteiger partial charge in [0.05, 0.1) is 10.7 Å². The van der Waals surface area contributed by atoms with E-state index in [0.29, 0.717) is 6.42 Å². The molecule has 2 heterocycles. The Bertz CT molecular complexity index is 327. The van der Waals surface area contributed by atoms with Gasteiger partial charge >= 0.3 is 0 Å². The van der Waals surface area contributed by atoms with Gasteiger partial charge in [-0.25, -0.2) is 4.98 Å². The predicted molar refractivity (Wildman–Crippen MR) is 66.8 cm³/mol. The van der Waals surface area contributed by atoms with Crippen molar-refractivity contribution in [2.45, 2.75) is 26.2 Å². The fraction of sp³-hybridized carbons (Fsp3) is 0.750. The van der Waals surface area contributed by atoms with Gasteiger partial charge in [0.2, 0.25) is 0 Å². The van der Waals surface area contributed by atoms with Crippen molar-refractivity contribution in [3.8, 4) is 0 Å². The summed E-state index contributed by atoms with van der Waals surface area (Å²) < 4.78 is 0.